The maximum atomic E-state index is 14.0. The number of carbonyl (C=O) groups excluding carboxylic acids is 2. The summed E-state index contributed by atoms with van der Waals surface area (Å²) in [6.07, 6.45) is 2.58. The van der Waals surface area contributed by atoms with Crippen LogP contribution in [-0.4, -0.2) is 40.7 Å². The first-order chi connectivity index (χ1) is 10.1. The topological polar surface area (TPSA) is 66.6 Å². The molecule has 2 aliphatic rings. The van der Waals surface area contributed by atoms with Crippen molar-refractivity contribution < 1.29 is 14.0 Å². The fraction of sp³-hybridized carbons (Fsp3) is 0.467. The zero-order valence-corrected chi connectivity index (χ0v) is 11.7. The fourth-order valence-corrected chi connectivity index (χ4v) is 3.09. The van der Waals surface area contributed by atoms with Crippen molar-refractivity contribution in [3.05, 3.63) is 29.6 Å². The van der Waals surface area contributed by atoms with Gasteiger partial charge < -0.3 is 15.5 Å². The van der Waals surface area contributed by atoms with Crippen LogP contribution in [0.15, 0.2) is 18.2 Å². The van der Waals surface area contributed by atoms with E-state index in [0.717, 1.165) is 12.8 Å². The summed E-state index contributed by atoms with van der Waals surface area (Å²) in [7, 11) is 0. The van der Waals surface area contributed by atoms with Crippen LogP contribution in [0.3, 0.4) is 0 Å². The molecule has 2 fully saturated rings. The van der Waals surface area contributed by atoms with Gasteiger partial charge in [0.15, 0.2) is 5.82 Å². The van der Waals surface area contributed by atoms with Crippen LogP contribution in [0.1, 0.15) is 24.8 Å². The van der Waals surface area contributed by atoms with Crippen LogP contribution in [0.2, 0.25) is 0 Å². The zero-order valence-electron chi connectivity index (χ0n) is 11.7. The molecule has 1 aromatic carbocycles. The Labute approximate surface area is 122 Å². The maximum Gasteiger partial charge on any atom is 0.246 e. The van der Waals surface area contributed by atoms with E-state index < -0.39 is 5.82 Å². The van der Waals surface area contributed by atoms with E-state index >= 15 is 0 Å². The Morgan fingerprint density at radius 1 is 1.29 bits per heavy atom. The molecule has 2 N–H and O–H groups in total. The van der Waals surface area contributed by atoms with E-state index in [9.17, 15) is 14.0 Å². The highest BCUT2D eigenvalue weighted by molar-refractivity contribution is 5.95. The third-order valence-electron chi connectivity index (χ3n) is 4.22. The first-order valence-electron chi connectivity index (χ1n) is 7.19. The van der Waals surface area contributed by atoms with Gasteiger partial charge in [-0.15, -0.1) is 0 Å². The van der Waals surface area contributed by atoms with Crippen molar-refractivity contribution in [2.45, 2.75) is 31.8 Å². The van der Waals surface area contributed by atoms with Crippen molar-refractivity contribution in [1.82, 2.24) is 9.80 Å². The van der Waals surface area contributed by atoms with Gasteiger partial charge in [0.25, 0.3) is 0 Å². The molecule has 1 aromatic rings. The number of benzene rings is 1. The van der Waals surface area contributed by atoms with E-state index in [0.29, 0.717) is 18.5 Å². The van der Waals surface area contributed by atoms with Crippen LogP contribution in [0.4, 0.5) is 10.1 Å². The quantitative estimate of drug-likeness (QED) is 0.831. The molecule has 2 aliphatic heterocycles. The largest absolute Gasteiger partial charge is 0.396 e. The van der Waals surface area contributed by atoms with Crippen LogP contribution in [-0.2, 0) is 16.1 Å². The Balaban J connectivity index is 1.81. The minimum atomic E-state index is -0.510. The van der Waals surface area contributed by atoms with Gasteiger partial charge in [-0.1, -0.05) is 12.1 Å². The normalized spacial score (nSPS) is 22.4. The lowest BCUT2D eigenvalue weighted by molar-refractivity contribution is -0.158. The second-order valence-corrected chi connectivity index (χ2v) is 5.61. The second-order valence-electron chi connectivity index (χ2n) is 5.61. The highest BCUT2D eigenvalue weighted by Gasteiger charge is 2.40. The van der Waals surface area contributed by atoms with Gasteiger partial charge in [0.2, 0.25) is 11.8 Å². The number of hydrogen-bond donors (Lipinski definition) is 1. The molecule has 0 radical (unpaired) electrons. The Morgan fingerprint density at radius 3 is 2.90 bits per heavy atom. The van der Waals surface area contributed by atoms with Crippen LogP contribution in [0, 0.1) is 5.82 Å². The number of nitrogen functional groups attached to an aromatic ring is 1. The van der Waals surface area contributed by atoms with Crippen LogP contribution in [0.25, 0.3) is 0 Å². The number of halogens is 1. The van der Waals surface area contributed by atoms with Crippen molar-refractivity contribution in [2.75, 3.05) is 18.8 Å². The third kappa shape index (κ3) is 2.46. The molecule has 5 nitrogen and oxygen atoms in total. The molecular formula is C15H18FN3O2. The van der Waals surface area contributed by atoms with E-state index in [1.807, 2.05) is 0 Å². The smallest absolute Gasteiger partial charge is 0.246 e. The zero-order chi connectivity index (χ0) is 15.0. The number of amides is 2. The van der Waals surface area contributed by atoms with Crippen LogP contribution >= 0.6 is 0 Å². The minimum absolute atomic E-state index is 0.0174. The number of piperidine rings is 1. The summed E-state index contributed by atoms with van der Waals surface area (Å²) in [4.78, 5) is 27.7. The molecule has 21 heavy (non-hydrogen) atoms. The van der Waals surface area contributed by atoms with Crippen molar-refractivity contribution in [1.29, 1.82) is 0 Å². The maximum absolute atomic E-state index is 14.0. The number of hydrogen-bond acceptors (Lipinski definition) is 3. The third-order valence-corrected chi connectivity index (χ3v) is 4.22. The lowest BCUT2D eigenvalue weighted by Gasteiger charge is -2.42. The van der Waals surface area contributed by atoms with E-state index in [2.05, 4.69) is 0 Å². The molecule has 2 heterocycles. The predicted molar refractivity (Wildman–Crippen MR) is 75.6 cm³/mol. The summed E-state index contributed by atoms with van der Waals surface area (Å²) >= 11 is 0. The number of carbonyl (C=O) groups is 2. The SMILES string of the molecule is Nc1cccc(CN2CC(=O)N3CCCCC3C2=O)c1F. The second kappa shape index (κ2) is 5.35. The molecule has 0 aromatic heterocycles. The molecule has 0 saturated carbocycles. The molecule has 2 amide bonds. The number of nitrogens with zero attached hydrogens (tertiary/aromatic N) is 2. The highest BCUT2D eigenvalue weighted by Crippen LogP contribution is 2.25. The van der Waals surface area contributed by atoms with Crippen molar-refractivity contribution in [2.24, 2.45) is 0 Å². The van der Waals surface area contributed by atoms with Crippen LogP contribution < -0.4 is 5.73 Å². The molecule has 1 unspecified atom stereocenters. The number of fused-ring (bicyclic) bond motifs is 1. The van der Waals surface area contributed by atoms with Gasteiger partial charge in [-0.2, -0.15) is 0 Å². The van der Waals surface area contributed by atoms with Gasteiger partial charge in [-0.05, 0) is 25.3 Å². The summed E-state index contributed by atoms with van der Waals surface area (Å²) in [5.74, 6) is -0.649. The molecule has 3 rings (SSSR count). The molecule has 112 valence electrons. The minimum Gasteiger partial charge on any atom is -0.396 e. The molecule has 0 bridgehead atoms. The lowest BCUT2D eigenvalue weighted by atomic mass is 9.98. The fourth-order valence-electron chi connectivity index (χ4n) is 3.09. The lowest BCUT2D eigenvalue weighted by Crippen LogP contribution is -2.60. The van der Waals surface area contributed by atoms with Gasteiger partial charge >= 0.3 is 0 Å². The van der Waals surface area contributed by atoms with Crippen molar-refractivity contribution in [3.8, 4) is 0 Å². The highest BCUT2D eigenvalue weighted by atomic mass is 19.1. The molecule has 6 heteroatoms. The average Bonchev–Trinajstić information content (AvgIpc) is 2.49. The number of piperazine rings is 1. The summed E-state index contributed by atoms with van der Waals surface area (Å²) < 4.78 is 14.0. The summed E-state index contributed by atoms with van der Waals surface area (Å²) in [6, 6.07) is 4.35. The van der Waals surface area contributed by atoms with Crippen molar-refractivity contribution in [3.63, 3.8) is 0 Å². The monoisotopic (exact) mass is 291 g/mol. The van der Waals surface area contributed by atoms with E-state index in [1.165, 1.54) is 11.0 Å². The molecule has 0 spiro atoms. The van der Waals surface area contributed by atoms with E-state index in [-0.39, 0.29) is 36.6 Å². The number of anilines is 1. The molecule has 0 aliphatic carbocycles. The Hall–Kier alpha value is -2.11. The van der Waals surface area contributed by atoms with Gasteiger partial charge in [0.1, 0.15) is 12.6 Å². The van der Waals surface area contributed by atoms with Gasteiger partial charge in [-0.3, -0.25) is 9.59 Å². The Kier molecular flexibility index (Phi) is 3.53. The van der Waals surface area contributed by atoms with Gasteiger partial charge in [-0.25, -0.2) is 4.39 Å². The van der Waals surface area contributed by atoms with E-state index in [1.54, 1.807) is 17.0 Å². The molecule has 2 saturated heterocycles. The summed E-state index contributed by atoms with van der Waals surface area (Å²) in [5.41, 5.74) is 5.95. The van der Waals surface area contributed by atoms with Gasteiger partial charge in [0.05, 0.1) is 5.69 Å². The number of rotatable bonds is 2. The molecular weight excluding hydrogens is 273 g/mol. The summed E-state index contributed by atoms with van der Waals surface area (Å²) in [5, 5.41) is 0. The standard InChI is InChI=1S/C15H18FN3O2/c16-14-10(4-3-5-11(14)17)8-18-9-13(20)19-7-2-1-6-12(19)15(18)21/h3-5,12H,1-2,6-9,17H2. The Morgan fingerprint density at radius 2 is 2.10 bits per heavy atom. The first kappa shape index (κ1) is 13.9. The van der Waals surface area contributed by atoms with Crippen LogP contribution in [0.5, 0.6) is 0 Å². The molecule has 1 atom stereocenters. The summed E-state index contributed by atoms with van der Waals surface area (Å²) in [6.45, 7) is 0.755. The van der Waals surface area contributed by atoms with Gasteiger partial charge in [0, 0.05) is 18.7 Å². The average molecular weight is 291 g/mol. The Bertz CT molecular complexity index is 590. The van der Waals surface area contributed by atoms with E-state index in [4.69, 9.17) is 5.73 Å². The predicted octanol–water partition coefficient (Wildman–Crippen LogP) is 1.13. The van der Waals surface area contributed by atoms with Crippen molar-refractivity contribution >= 4 is 17.5 Å². The number of nitrogens with two attached hydrogens (primary N) is 1. The first-order valence-corrected chi connectivity index (χ1v) is 7.19.